The Labute approximate surface area is 227 Å². The van der Waals surface area contributed by atoms with Crippen LogP contribution in [0.5, 0.6) is 5.75 Å². The number of nitrogens with zero attached hydrogens (tertiary/aromatic N) is 1. The van der Waals surface area contributed by atoms with E-state index >= 15 is 0 Å². The largest absolute Gasteiger partial charge is 0.487 e. The number of rotatable bonds is 7. The van der Waals surface area contributed by atoms with Crippen molar-refractivity contribution in [3.8, 4) is 5.75 Å². The van der Waals surface area contributed by atoms with Crippen molar-refractivity contribution in [2.45, 2.75) is 49.8 Å². The van der Waals surface area contributed by atoms with Gasteiger partial charge in [-0.25, -0.2) is 4.79 Å². The van der Waals surface area contributed by atoms with E-state index in [1.165, 1.54) is 12.1 Å². The van der Waals surface area contributed by atoms with Crippen LogP contribution in [-0.4, -0.2) is 46.9 Å². The molecule has 3 heterocycles. The summed E-state index contributed by atoms with van der Waals surface area (Å²) in [6.07, 6.45) is -2.12. The van der Waals surface area contributed by atoms with Crippen LogP contribution in [0.15, 0.2) is 67.0 Å². The zero-order valence-corrected chi connectivity index (χ0v) is 21.1. The SMILES string of the molecule is O=C(C[C@H]1C[C@@H]2c3cc(NC(=O)Nc4ccc(C(F)(F)F)cc4)ccc3O[C@@H]2[C@@H](CO)O1)NCc1cccnc1. The molecule has 4 atom stereocenters. The maximum Gasteiger partial charge on any atom is 0.416 e. The highest BCUT2D eigenvalue weighted by Crippen LogP contribution is 2.47. The molecule has 1 saturated heterocycles. The summed E-state index contributed by atoms with van der Waals surface area (Å²) in [7, 11) is 0. The van der Waals surface area contributed by atoms with Gasteiger partial charge in [0.1, 0.15) is 18.0 Å². The maximum absolute atomic E-state index is 12.8. The molecule has 3 aromatic rings. The summed E-state index contributed by atoms with van der Waals surface area (Å²) in [5.74, 6) is 0.211. The third-order valence-electron chi connectivity index (χ3n) is 6.85. The molecule has 1 fully saturated rings. The Hall–Kier alpha value is -4.16. The quantitative estimate of drug-likeness (QED) is 0.341. The van der Waals surface area contributed by atoms with E-state index in [0.717, 1.165) is 23.3 Å². The molecule has 2 aliphatic rings. The number of carbonyl (C=O) groups excluding carboxylic acids is 2. The van der Waals surface area contributed by atoms with Crippen molar-refractivity contribution in [2.75, 3.05) is 17.2 Å². The van der Waals surface area contributed by atoms with Crippen molar-refractivity contribution >= 4 is 23.3 Å². The van der Waals surface area contributed by atoms with Crippen LogP contribution >= 0.6 is 0 Å². The van der Waals surface area contributed by atoms with Crippen molar-refractivity contribution in [3.05, 3.63) is 83.7 Å². The Morgan fingerprint density at radius 3 is 2.50 bits per heavy atom. The molecular formula is C28H27F3N4O5. The van der Waals surface area contributed by atoms with Gasteiger partial charge in [0, 0.05) is 41.8 Å². The summed E-state index contributed by atoms with van der Waals surface area (Å²) in [6, 6.07) is 12.2. The summed E-state index contributed by atoms with van der Waals surface area (Å²) in [5.41, 5.74) is 1.52. The number of urea groups is 1. The molecule has 3 amide bonds. The van der Waals surface area contributed by atoms with Crippen molar-refractivity contribution in [1.82, 2.24) is 10.3 Å². The number of pyridine rings is 1. The Kier molecular flexibility index (Phi) is 7.90. The zero-order chi connectivity index (χ0) is 28.3. The summed E-state index contributed by atoms with van der Waals surface area (Å²) < 4.78 is 50.4. The predicted molar refractivity (Wildman–Crippen MR) is 139 cm³/mol. The number of aliphatic hydroxyl groups is 1. The number of alkyl halides is 3. The fraction of sp³-hybridized carbons (Fsp3) is 0.321. The maximum atomic E-state index is 12.8. The number of carbonyl (C=O) groups is 2. The van der Waals surface area contributed by atoms with Gasteiger partial charge in [-0.2, -0.15) is 13.2 Å². The summed E-state index contributed by atoms with van der Waals surface area (Å²) in [4.78, 5) is 29.1. The van der Waals surface area contributed by atoms with Crippen molar-refractivity contribution in [2.24, 2.45) is 0 Å². The first-order chi connectivity index (χ1) is 19.2. The number of nitrogens with one attached hydrogen (secondary N) is 3. The number of benzene rings is 2. The summed E-state index contributed by atoms with van der Waals surface area (Å²) in [6.45, 7) is 0.0496. The zero-order valence-electron chi connectivity index (χ0n) is 21.1. The molecule has 2 aromatic carbocycles. The number of aromatic nitrogens is 1. The van der Waals surface area contributed by atoms with Crippen molar-refractivity contribution < 1.29 is 37.3 Å². The van der Waals surface area contributed by atoms with Gasteiger partial charge in [-0.1, -0.05) is 6.07 Å². The molecule has 9 nitrogen and oxygen atoms in total. The molecule has 0 unspecified atom stereocenters. The second-order valence-corrected chi connectivity index (χ2v) is 9.65. The van der Waals surface area contributed by atoms with E-state index in [1.54, 1.807) is 36.7 Å². The highest BCUT2D eigenvalue weighted by Gasteiger charge is 2.46. The molecular weight excluding hydrogens is 529 g/mol. The van der Waals surface area contributed by atoms with E-state index in [0.29, 0.717) is 24.4 Å². The average molecular weight is 557 g/mol. The fourth-order valence-electron chi connectivity index (χ4n) is 4.99. The lowest BCUT2D eigenvalue weighted by atomic mass is 9.84. The molecule has 5 rings (SSSR count). The van der Waals surface area contributed by atoms with E-state index in [4.69, 9.17) is 9.47 Å². The van der Waals surface area contributed by atoms with Crippen LogP contribution in [0, 0.1) is 0 Å². The molecule has 2 aliphatic heterocycles. The Bertz CT molecular complexity index is 1350. The van der Waals surface area contributed by atoms with E-state index in [-0.39, 0.29) is 30.5 Å². The number of hydrogen-bond donors (Lipinski definition) is 4. The predicted octanol–water partition coefficient (Wildman–Crippen LogP) is 4.45. The molecule has 1 aromatic heterocycles. The van der Waals surface area contributed by atoms with Gasteiger partial charge in [-0.05, 0) is 60.5 Å². The number of fused-ring (bicyclic) bond motifs is 3. The minimum Gasteiger partial charge on any atom is -0.487 e. The summed E-state index contributed by atoms with van der Waals surface area (Å²) >= 11 is 0. The second-order valence-electron chi connectivity index (χ2n) is 9.65. The van der Waals surface area contributed by atoms with E-state index in [2.05, 4.69) is 20.9 Å². The van der Waals surface area contributed by atoms with Crippen LogP contribution in [0.25, 0.3) is 0 Å². The van der Waals surface area contributed by atoms with E-state index in [9.17, 15) is 27.9 Å². The van der Waals surface area contributed by atoms with Crippen LogP contribution in [0.2, 0.25) is 0 Å². The number of amides is 3. The number of aliphatic hydroxyl groups excluding tert-OH is 1. The van der Waals surface area contributed by atoms with Gasteiger partial charge in [0.05, 0.1) is 24.7 Å². The Morgan fingerprint density at radius 2 is 1.80 bits per heavy atom. The van der Waals surface area contributed by atoms with Gasteiger partial charge in [0.25, 0.3) is 0 Å². The highest BCUT2D eigenvalue weighted by molar-refractivity contribution is 5.99. The lowest BCUT2D eigenvalue weighted by molar-refractivity contribution is -0.142. The highest BCUT2D eigenvalue weighted by atomic mass is 19.4. The first-order valence-corrected chi connectivity index (χ1v) is 12.7. The van der Waals surface area contributed by atoms with Crippen LogP contribution in [0.4, 0.5) is 29.3 Å². The third-order valence-corrected chi connectivity index (χ3v) is 6.85. The molecule has 0 radical (unpaired) electrons. The standard InChI is InChI=1S/C28H27F3N4O5/c29-28(30,31)17-3-5-18(6-4-17)34-27(38)35-19-7-8-23-21(10-19)22-11-20(39-24(15-36)26(22)40-23)12-25(37)33-14-16-2-1-9-32-13-16/h1-10,13,20,22,24,26,36H,11-12,14-15H2,(H,33,37)(H2,34,35,38)/t20-,22-,24-,26+/m1/s1. The third kappa shape index (κ3) is 6.35. The Balaban J connectivity index is 1.22. The van der Waals surface area contributed by atoms with Crippen molar-refractivity contribution in [1.29, 1.82) is 0 Å². The molecule has 12 heteroatoms. The van der Waals surface area contributed by atoms with Crippen LogP contribution < -0.4 is 20.7 Å². The molecule has 4 N–H and O–H groups in total. The normalized spacial score (nSPS) is 21.5. The fourth-order valence-corrected chi connectivity index (χ4v) is 4.99. The lowest BCUT2D eigenvalue weighted by Crippen LogP contribution is -2.47. The molecule has 0 spiro atoms. The number of halogens is 3. The Morgan fingerprint density at radius 1 is 1.05 bits per heavy atom. The van der Waals surface area contributed by atoms with E-state index < -0.39 is 36.1 Å². The monoisotopic (exact) mass is 556 g/mol. The van der Waals surface area contributed by atoms with Gasteiger partial charge in [-0.3, -0.25) is 9.78 Å². The summed E-state index contributed by atoms with van der Waals surface area (Å²) in [5, 5.41) is 18.0. The second kappa shape index (κ2) is 11.5. The van der Waals surface area contributed by atoms with Crippen LogP contribution in [-0.2, 0) is 22.3 Å². The number of ether oxygens (including phenoxy) is 2. The first-order valence-electron chi connectivity index (χ1n) is 12.7. The van der Waals surface area contributed by atoms with Gasteiger partial charge in [-0.15, -0.1) is 0 Å². The molecule has 0 bridgehead atoms. The molecule has 210 valence electrons. The smallest absolute Gasteiger partial charge is 0.416 e. The first kappa shape index (κ1) is 27.4. The minimum absolute atomic E-state index is 0.1000. The van der Waals surface area contributed by atoms with Crippen molar-refractivity contribution in [3.63, 3.8) is 0 Å². The van der Waals surface area contributed by atoms with Crippen LogP contribution in [0.1, 0.15) is 35.4 Å². The average Bonchev–Trinajstić information content (AvgIpc) is 3.30. The van der Waals surface area contributed by atoms with Gasteiger partial charge in [0.2, 0.25) is 5.91 Å². The van der Waals surface area contributed by atoms with Gasteiger partial charge < -0.3 is 30.5 Å². The molecule has 40 heavy (non-hydrogen) atoms. The molecule has 0 aliphatic carbocycles. The van der Waals surface area contributed by atoms with Gasteiger partial charge in [0.15, 0.2) is 0 Å². The topological polar surface area (TPSA) is 122 Å². The lowest BCUT2D eigenvalue weighted by Gasteiger charge is -2.37. The number of hydrogen-bond acceptors (Lipinski definition) is 6. The number of anilines is 2. The minimum atomic E-state index is -4.47. The van der Waals surface area contributed by atoms with Gasteiger partial charge >= 0.3 is 12.2 Å². The molecule has 0 saturated carbocycles. The van der Waals surface area contributed by atoms with Crippen LogP contribution in [0.3, 0.4) is 0 Å². The van der Waals surface area contributed by atoms with E-state index in [1.807, 2.05) is 6.07 Å².